The van der Waals surface area contributed by atoms with E-state index in [0.29, 0.717) is 22.9 Å². The minimum absolute atomic E-state index is 0.0461. The van der Waals surface area contributed by atoms with Crippen LogP contribution in [-0.4, -0.2) is 14.3 Å². The molecule has 0 spiro atoms. The summed E-state index contributed by atoms with van der Waals surface area (Å²) in [7, 11) is -3.86. The molecule has 7 heteroatoms. The van der Waals surface area contributed by atoms with Crippen molar-refractivity contribution < 1.29 is 13.2 Å². The van der Waals surface area contributed by atoms with Crippen LogP contribution in [0.4, 0.5) is 17.1 Å². The number of carbonyl (C=O) groups is 1. The van der Waals surface area contributed by atoms with Gasteiger partial charge in [0.25, 0.3) is 10.0 Å². The lowest BCUT2D eigenvalue weighted by Crippen LogP contribution is -2.38. The lowest BCUT2D eigenvalue weighted by atomic mass is 9.89. The van der Waals surface area contributed by atoms with Crippen LogP contribution in [-0.2, 0) is 14.8 Å². The van der Waals surface area contributed by atoms with Crippen LogP contribution in [0.1, 0.15) is 121 Å². The molecule has 3 rings (SSSR count). The molecular weight excluding hydrogens is 542 g/mol. The molecule has 0 aliphatic rings. The smallest absolute Gasteiger partial charge is 0.262 e. The van der Waals surface area contributed by atoms with Crippen LogP contribution in [0.5, 0.6) is 0 Å². The fraction of sp³-hybridized carbons (Fsp3) is 0.457. The van der Waals surface area contributed by atoms with Gasteiger partial charge < -0.3 is 0 Å². The van der Waals surface area contributed by atoms with E-state index in [1.807, 2.05) is 82.3 Å². The van der Waals surface area contributed by atoms with Gasteiger partial charge in [0.15, 0.2) is 0 Å². The Hall–Kier alpha value is -3.32. The monoisotopic (exact) mass is 591 g/mol. The second-order valence-electron chi connectivity index (χ2n) is 12.0. The van der Waals surface area contributed by atoms with Crippen LogP contribution in [0.3, 0.4) is 0 Å². The number of nitrogens with zero attached hydrogens (tertiary/aromatic N) is 1. The number of hydrogen-bond acceptors (Lipinski definition) is 4. The van der Waals surface area contributed by atoms with E-state index in [2.05, 4.69) is 30.9 Å². The number of anilines is 3. The van der Waals surface area contributed by atoms with Gasteiger partial charge in [-0.1, -0.05) is 104 Å². The summed E-state index contributed by atoms with van der Waals surface area (Å²) in [6, 6.07) is 20.8. The first-order valence-electron chi connectivity index (χ1n) is 15.4. The van der Waals surface area contributed by atoms with E-state index in [4.69, 9.17) is 0 Å². The first-order chi connectivity index (χ1) is 19.9. The molecule has 2 N–H and O–H groups in total. The molecule has 0 heterocycles. The van der Waals surface area contributed by atoms with Gasteiger partial charge in [0.05, 0.1) is 16.3 Å². The van der Waals surface area contributed by atoms with Crippen molar-refractivity contribution >= 4 is 33.0 Å². The zero-order valence-electron chi connectivity index (χ0n) is 26.4. The van der Waals surface area contributed by atoms with Crippen molar-refractivity contribution in [3.63, 3.8) is 0 Å². The summed E-state index contributed by atoms with van der Waals surface area (Å²) in [6.45, 7) is 14.6. The van der Waals surface area contributed by atoms with Crippen molar-refractivity contribution in [2.45, 2.75) is 110 Å². The molecule has 1 amide bonds. The summed E-state index contributed by atoms with van der Waals surface area (Å²) >= 11 is 0. The molecule has 0 atom stereocenters. The number of rotatable bonds is 15. The van der Waals surface area contributed by atoms with Gasteiger partial charge in [-0.25, -0.2) is 8.42 Å². The summed E-state index contributed by atoms with van der Waals surface area (Å²) in [6.07, 6.45) is 5.85. The van der Waals surface area contributed by atoms with Crippen LogP contribution >= 0.6 is 0 Å². The third-order valence-corrected chi connectivity index (χ3v) is 9.00. The van der Waals surface area contributed by atoms with Crippen molar-refractivity contribution in [3.8, 4) is 0 Å². The molecule has 0 aromatic heterocycles. The maximum absolute atomic E-state index is 13.9. The van der Waals surface area contributed by atoms with Gasteiger partial charge in [-0.15, -0.1) is 0 Å². The SMILES string of the molecule is CCCCCCCC(=O)NN(c1ccccc1)c1ccc(NS(=O)(=O)c2c(C(C)C)cc(C(C)C)cc2C(C)C)cc1. The van der Waals surface area contributed by atoms with E-state index in [-0.39, 0.29) is 17.7 Å². The van der Waals surface area contributed by atoms with Crippen molar-refractivity contribution in [2.75, 3.05) is 9.73 Å². The van der Waals surface area contributed by atoms with E-state index >= 15 is 0 Å². The number of amides is 1. The van der Waals surface area contributed by atoms with Crippen LogP contribution in [0, 0.1) is 0 Å². The highest BCUT2D eigenvalue weighted by atomic mass is 32.2. The molecule has 0 saturated carbocycles. The van der Waals surface area contributed by atoms with Gasteiger partial charge >= 0.3 is 0 Å². The number of hydrazine groups is 1. The van der Waals surface area contributed by atoms with Crippen LogP contribution in [0.15, 0.2) is 71.6 Å². The van der Waals surface area contributed by atoms with Gasteiger partial charge in [0, 0.05) is 12.1 Å². The molecule has 0 aliphatic carbocycles. The standard InChI is InChI=1S/C35H49N3O3S/c1-8-9-10-11-15-18-34(39)36-38(30-16-13-12-14-17-30)31-21-19-29(20-22-31)37-42(40,41)35-32(26(4)5)23-28(25(2)3)24-33(35)27(6)7/h12-14,16-17,19-27,37H,8-11,15,18H2,1-7H3,(H,36,39). The van der Waals surface area contributed by atoms with Crippen LogP contribution in [0.25, 0.3) is 0 Å². The summed E-state index contributed by atoms with van der Waals surface area (Å²) in [5.74, 6) is 0.341. The Morgan fingerprint density at radius 3 is 1.81 bits per heavy atom. The average Bonchev–Trinajstić information content (AvgIpc) is 2.95. The molecule has 42 heavy (non-hydrogen) atoms. The topological polar surface area (TPSA) is 78.5 Å². The van der Waals surface area contributed by atoms with E-state index < -0.39 is 10.0 Å². The molecule has 0 unspecified atom stereocenters. The Morgan fingerprint density at radius 1 is 0.738 bits per heavy atom. The van der Waals surface area contributed by atoms with E-state index in [1.165, 1.54) is 12.8 Å². The number of benzene rings is 3. The van der Waals surface area contributed by atoms with Gasteiger partial charge in [0.2, 0.25) is 5.91 Å². The molecule has 0 bridgehead atoms. The first kappa shape index (κ1) is 33.2. The third kappa shape index (κ3) is 8.84. The number of unbranched alkanes of at least 4 members (excludes halogenated alkanes) is 4. The fourth-order valence-electron chi connectivity index (χ4n) is 5.01. The number of nitrogens with one attached hydrogen (secondary N) is 2. The highest BCUT2D eigenvalue weighted by molar-refractivity contribution is 7.92. The molecule has 6 nitrogen and oxygen atoms in total. The molecule has 0 radical (unpaired) electrons. The summed E-state index contributed by atoms with van der Waals surface area (Å²) in [5, 5.41) is 1.75. The van der Waals surface area contributed by atoms with Gasteiger partial charge in [-0.2, -0.15) is 0 Å². The normalized spacial score (nSPS) is 11.8. The van der Waals surface area contributed by atoms with Crippen LogP contribution in [0.2, 0.25) is 0 Å². The minimum Gasteiger partial charge on any atom is -0.280 e. The van der Waals surface area contributed by atoms with Crippen molar-refractivity contribution in [1.82, 2.24) is 5.43 Å². The molecule has 3 aromatic rings. The molecule has 0 aliphatic heterocycles. The maximum atomic E-state index is 13.9. The Morgan fingerprint density at radius 2 is 1.29 bits per heavy atom. The third-order valence-electron chi connectivity index (χ3n) is 7.48. The predicted octanol–water partition coefficient (Wildman–Crippen LogP) is 9.39. The molecule has 0 saturated heterocycles. The van der Waals surface area contributed by atoms with Gasteiger partial charge in [-0.05, 0) is 77.3 Å². The summed E-state index contributed by atoms with van der Waals surface area (Å²) in [5.41, 5.74) is 7.88. The molecule has 228 valence electrons. The number of carbonyl (C=O) groups excluding carboxylic acids is 1. The average molecular weight is 592 g/mol. The van der Waals surface area contributed by atoms with Gasteiger partial charge in [-0.3, -0.25) is 20.0 Å². The Bertz CT molecular complexity index is 1370. The summed E-state index contributed by atoms with van der Waals surface area (Å²) < 4.78 is 30.6. The predicted molar refractivity (Wildman–Crippen MR) is 176 cm³/mol. The highest BCUT2D eigenvalue weighted by Gasteiger charge is 2.27. The lowest BCUT2D eigenvalue weighted by molar-refractivity contribution is -0.121. The number of hydrogen-bond donors (Lipinski definition) is 2. The lowest BCUT2D eigenvalue weighted by Gasteiger charge is -2.26. The first-order valence-corrected chi connectivity index (χ1v) is 16.9. The summed E-state index contributed by atoms with van der Waals surface area (Å²) in [4.78, 5) is 13.2. The molecule has 0 fully saturated rings. The van der Waals surface area contributed by atoms with Crippen LogP contribution < -0.4 is 15.2 Å². The van der Waals surface area contributed by atoms with Crippen molar-refractivity contribution in [3.05, 3.63) is 83.4 Å². The minimum atomic E-state index is -3.86. The zero-order valence-corrected chi connectivity index (χ0v) is 27.2. The molecule has 3 aromatic carbocycles. The van der Waals surface area contributed by atoms with Crippen molar-refractivity contribution in [1.29, 1.82) is 0 Å². The van der Waals surface area contributed by atoms with E-state index in [1.54, 1.807) is 17.1 Å². The highest BCUT2D eigenvalue weighted by Crippen LogP contribution is 2.36. The quantitative estimate of drug-likeness (QED) is 0.136. The second-order valence-corrected chi connectivity index (χ2v) is 13.6. The number of para-hydroxylation sites is 1. The maximum Gasteiger partial charge on any atom is 0.262 e. The van der Waals surface area contributed by atoms with E-state index in [0.717, 1.165) is 47.3 Å². The largest absolute Gasteiger partial charge is 0.280 e. The second kappa shape index (κ2) is 15.2. The number of sulfonamides is 1. The van der Waals surface area contributed by atoms with E-state index in [9.17, 15) is 13.2 Å². The zero-order chi connectivity index (χ0) is 30.9. The fourth-order valence-corrected chi connectivity index (χ4v) is 6.77. The Labute approximate surface area is 254 Å². The van der Waals surface area contributed by atoms with Crippen molar-refractivity contribution in [2.24, 2.45) is 0 Å². The van der Waals surface area contributed by atoms with Gasteiger partial charge in [0.1, 0.15) is 0 Å². The molecular formula is C35H49N3O3S. The Kier molecular flexibility index (Phi) is 12.0. The Balaban J connectivity index is 1.88.